The van der Waals surface area contributed by atoms with Crippen molar-refractivity contribution in [1.29, 1.82) is 0 Å². The fraction of sp³-hybridized carbons (Fsp3) is 0.538. The van der Waals surface area contributed by atoms with Gasteiger partial charge in [-0.15, -0.1) is 0 Å². The fourth-order valence-electron chi connectivity index (χ4n) is 1.84. The lowest BCUT2D eigenvalue weighted by atomic mass is 10.2. The van der Waals surface area contributed by atoms with Crippen molar-refractivity contribution < 1.29 is 9.53 Å². The number of aromatic nitrogens is 1. The molecule has 0 unspecified atom stereocenters. The van der Waals surface area contributed by atoms with Gasteiger partial charge in [0.25, 0.3) is 0 Å². The van der Waals surface area contributed by atoms with Gasteiger partial charge in [-0.05, 0) is 32.1 Å². The molecule has 3 N–H and O–H groups in total. The highest BCUT2D eigenvalue weighted by Crippen LogP contribution is 2.47. The second-order valence-corrected chi connectivity index (χ2v) is 5.86. The molecule has 1 heterocycles. The fourth-order valence-corrected chi connectivity index (χ4v) is 2.57. The van der Waals surface area contributed by atoms with E-state index in [1.807, 2.05) is 11.8 Å². The van der Waals surface area contributed by atoms with Gasteiger partial charge in [-0.2, -0.15) is 11.8 Å². The van der Waals surface area contributed by atoms with E-state index in [1.54, 1.807) is 19.2 Å². The summed E-state index contributed by atoms with van der Waals surface area (Å²) >= 11 is 1.86. The van der Waals surface area contributed by atoms with Gasteiger partial charge >= 0.3 is 5.97 Å². The van der Waals surface area contributed by atoms with E-state index < -0.39 is 5.97 Å². The molecule has 104 valence electrons. The van der Waals surface area contributed by atoms with Crippen LogP contribution in [-0.2, 0) is 4.74 Å². The summed E-state index contributed by atoms with van der Waals surface area (Å²) in [6.07, 6.45) is 6.10. The molecule has 0 atom stereocenters. The van der Waals surface area contributed by atoms with E-state index in [4.69, 9.17) is 10.5 Å². The predicted molar refractivity (Wildman–Crippen MR) is 78.6 cm³/mol. The molecule has 1 aliphatic carbocycles. The third-order valence-corrected chi connectivity index (χ3v) is 4.72. The first kappa shape index (κ1) is 14.0. The Morgan fingerprint density at radius 3 is 2.95 bits per heavy atom. The number of nitrogens with zero attached hydrogens (tertiary/aromatic N) is 1. The number of thioether (sulfide) groups is 1. The number of anilines is 2. The van der Waals surface area contributed by atoms with Crippen molar-refractivity contribution in [2.75, 3.05) is 30.5 Å². The molecule has 1 saturated carbocycles. The van der Waals surface area contributed by atoms with Crippen molar-refractivity contribution in [2.24, 2.45) is 0 Å². The minimum Gasteiger partial charge on any atom is -0.462 e. The summed E-state index contributed by atoms with van der Waals surface area (Å²) in [4.78, 5) is 15.9. The molecule has 0 amide bonds. The topological polar surface area (TPSA) is 77.2 Å². The minimum absolute atomic E-state index is 0.314. The largest absolute Gasteiger partial charge is 0.462 e. The Labute approximate surface area is 117 Å². The Balaban J connectivity index is 2.09. The highest BCUT2D eigenvalue weighted by Gasteiger charge is 2.41. The van der Waals surface area contributed by atoms with Crippen LogP contribution in [0.4, 0.5) is 11.5 Å². The molecule has 0 spiro atoms. The summed E-state index contributed by atoms with van der Waals surface area (Å²) in [5.74, 6) is 0.155. The molecular formula is C13H19N3O2S. The summed E-state index contributed by atoms with van der Waals surface area (Å²) in [5.41, 5.74) is 6.70. The lowest BCUT2D eigenvalue weighted by molar-refractivity contribution is 0.0527. The number of carbonyl (C=O) groups is 1. The molecule has 5 nitrogen and oxygen atoms in total. The lowest BCUT2D eigenvalue weighted by Gasteiger charge is -2.15. The second kappa shape index (κ2) is 5.69. The van der Waals surface area contributed by atoms with Crippen molar-refractivity contribution in [3.8, 4) is 0 Å². The van der Waals surface area contributed by atoms with Gasteiger partial charge < -0.3 is 15.8 Å². The van der Waals surface area contributed by atoms with Gasteiger partial charge in [0.1, 0.15) is 5.82 Å². The minimum atomic E-state index is -0.406. The molecule has 6 heteroatoms. The Morgan fingerprint density at radius 1 is 1.63 bits per heavy atom. The van der Waals surface area contributed by atoms with Crippen molar-refractivity contribution in [1.82, 2.24) is 4.98 Å². The van der Waals surface area contributed by atoms with Crippen LogP contribution in [0.15, 0.2) is 12.3 Å². The van der Waals surface area contributed by atoms with Gasteiger partial charge in [-0.1, -0.05) is 0 Å². The summed E-state index contributed by atoms with van der Waals surface area (Å²) in [5, 5.41) is 3.24. The van der Waals surface area contributed by atoms with E-state index in [2.05, 4.69) is 16.6 Å². The molecular weight excluding hydrogens is 262 g/mol. The zero-order valence-electron chi connectivity index (χ0n) is 11.2. The normalized spacial score (nSPS) is 15.9. The number of hydrogen-bond donors (Lipinski definition) is 2. The van der Waals surface area contributed by atoms with Crippen LogP contribution in [-0.4, -0.2) is 35.1 Å². The van der Waals surface area contributed by atoms with Gasteiger partial charge in [0, 0.05) is 17.5 Å². The smallest absolute Gasteiger partial charge is 0.340 e. The van der Waals surface area contributed by atoms with E-state index in [0.717, 1.165) is 6.54 Å². The zero-order valence-corrected chi connectivity index (χ0v) is 12.0. The van der Waals surface area contributed by atoms with Crippen LogP contribution in [0.2, 0.25) is 0 Å². The third kappa shape index (κ3) is 3.12. The number of pyridine rings is 1. The number of rotatable bonds is 6. The molecule has 0 saturated heterocycles. The predicted octanol–water partition coefficient (Wildman–Crippen LogP) is 2.15. The Bertz CT molecular complexity index is 475. The summed E-state index contributed by atoms with van der Waals surface area (Å²) in [6, 6.07) is 1.58. The number of nitrogens with one attached hydrogen (secondary N) is 1. The molecule has 1 aromatic rings. The number of carbonyl (C=O) groups excluding carboxylic acids is 1. The van der Waals surface area contributed by atoms with Crippen LogP contribution in [0.5, 0.6) is 0 Å². The summed E-state index contributed by atoms with van der Waals surface area (Å²) < 4.78 is 5.28. The van der Waals surface area contributed by atoms with E-state index >= 15 is 0 Å². The van der Waals surface area contributed by atoms with Crippen molar-refractivity contribution in [2.45, 2.75) is 24.5 Å². The average Bonchev–Trinajstić information content (AvgIpc) is 3.18. The van der Waals surface area contributed by atoms with Crippen LogP contribution in [0, 0.1) is 0 Å². The Hall–Kier alpha value is -1.43. The molecule has 19 heavy (non-hydrogen) atoms. The first-order valence-electron chi connectivity index (χ1n) is 6.32. The number of nitrogen functional groups attached to an aromatic ring is 1. The molecule has 2 rings (SSSR count). The van der Waals surface area contributed by atoms with E-state index in [9.17, 15) is 4.79 Å². The van der Waals surface area contributed by atoms with Crippen molar-refractivity contribution in [3.05, 3.63) is 17.8 Å². The van der Waals surface area contributed by atoms with Crippen LogP contribution in [0.1, 0.15) is 30.1 Å². The maximum absolute atomic E-state index is 11.7. The maximum Gasteiger partial charge on any atom is 0.340 e. The van der Waals surface area contributed by atoms with E-state index in [1.165, 1.54) is 12.8 Å². The Kier molecular flexibility index (Phi) is 4.19. The lowest BCUT2D eigenvalue weighted by Crippen LogP contribution is -2.20. The molecule has 0 radical (unpaired) electrons. The average molecular weight is 281 g/mol. The van der Waals surface area contributed by atoms with Gasteiger partial charge in [0.15, 0.2) is 0 Å². The van der Waals surface area contributed by atoms with Crippen LogP contribution < -0.4 is 11.1 Å². The molecule has 1 fully saturated rings. The number of hydrogen-bond acceptors (Lipinski definition) is 6. The zero-order chi connectivity index (χ0) is 13.9. The number of esters is 1. The standard InChI is InChI=1S/C13H19N3O2S/c1-3-18-12(17)9-4-7-15-11(10(9)14)16-8-13(19-2)5-6-13/h4,7H,3,5-6,8,14H2,1-2H3,(H,15,16). The van der Waals surface area contributed by atoms with Gasteiger partial charge in [0.05, 0.1) is 17.9 Å². The van der Waals surface area contributed by atoms with Crippen LogP contribution >= 0.6 is 11.8 Å². The van der Waals surface area contributed by atoms with Crippen LogP contribution in [0.25, 0.3) is 0 Å². The molecule has 1 aromatic heterocycles. The molecule has 0 bridgehead atoms. The monoisotopic (exact) mass is 281 g/mol. The summed E-state index contributed by atoms with van der Waals surface area (Å²) in [6.45, 7) is 2.92. The number of nitrogens with two attached hydrogens (primary N) is 1. The highest BCUT2D eigenvalue weighted by molar-refractivity contribution is 8.00. The van der Waals surface area contributed by atoms with Crippen LogP contribution in [0.3, 0.4) is 0 Å². The SMILES string of the molecule is CCOC(=O)c1ccnc(NCC2(SC)CC2)c1N. The van der Waals surface area contributed by atoms with E-state index in [0.29, 0.717) is 28.4 Å². The van der Waals surface area contributed by atoms with Crippen molar-refractivity contribution in [3.63, 3.8) is 0 Å². The second-order valence-electron chi connectivity index (χ2n) is 4.58. The molecule has 0 aliphatic heterocycles. The maximum atomic E-state index is 11.7. The van der Waals surface area contributed by atoms with E-state index in [-0.39, 0.29) is 0 Å². The highest BCUT2D eigenvalue weighted by atomic mass is 32.2. The molecule has 0 aromatic carbocycles. The number of ether oxygens (including phenoxy) is 1. The van der Waals surface area contributed by atoms with Gasteiger partial charge in [-0.25, -0.2) is 9.78 Å². The first-order valence-corrected chi connectivity index (χ1v) is 7.55. The third-order valence-electron chi connectivity index (χ3n) is 3.30. The van der Waals surface area contributed by atoms with Crippen molar-refractivity contribution >= 4 is 29.2 Å². The first-order chi connectivity index (χ1) is 9.12. The van der Waals surface area contributed by atoms with Gasteiger partial charge in [0.2, 0.25) is 0 Å². The molecule has 1 aliphatic rings. The Morgan fingerprint density at radius 2 is 2.37 bits per heavy atom. The quantitative estimate of drug-likeness (QED) is 0.778. The van der Waals surface area contributed by atoms with Gasteiger partial charge in [-0.3, -0.25) is 0 Å². The summed E-state index contributed by atoms with van der Waals surface area (Å²) in [7, 11) is 0.